The van der Waals surface area contributed by atoms with Crippen molar-refractivity contribution in [2.24, 2.45) is 10.9 Å². The molecule has 2 aromatic rings. The number of imidazole rings is 2. The van der Waals surface area contributed by atoms with E-state index in [4.69, 9.17) is 0 Å². The Kier molecular flexibility index (Phi) is 7.27. The molecule has 1 fully saturated rings. The summed E-state index contributed by atoms with van der Waals surface area (Å²) < 4.78 is 4.37. The van der Waals surface area contributed by atoms with Crippen molar-refractivity contribution in [1.82, 2.24) is 29.3 Å². The first-order valence-corrected chi connectivity index (χ1v) is 8.60. The first kappa shape index (κ1) is 19.7. The molecule has 0 amide bonds. The number of hydrogen-bond donors (Lipinski definition) is 1. The molecular weight excluding hydrogens is 429 g/mol. The summed E-state index contributed by atoms with van der Waals surface area (Å²) in [6.45, 7) is 8.07. The summed E-state index contributed by atoms with van der Waals surface area (Å²) in [5, 5.41) is 3.49. The van der Waals surface area contributed by atoms with Crippen molar-refractivity contribution in [2.75, 3.05) is 26.7 Å². The zero-order chi connectivity index (χ0) is 16.9. The molecule has 7 nitrogen and oxygen atoms in total. The van der Waals surface area contributed by atoms with Gasteiger partial charge in [0.25, 0.3) is 0 Å². The smallest absolute Gasteiger partial charge is 0.193 e. The molecule has 0 saturated carbocycles. The van der Waals surface area contributed by atoms with E-state index in [2.05, 4.69) is 47.4 Å². The Bertz CT molecular complexity index is 664. The number of halogens is 1. The van der Waals surface area contributed by atoms with Crippen molar-refractivity contribution in [2.45, 2.75) is 32.9 Å². The van der Waals surface area contributed by atoms with Gasteiger partial charge in [-0.25, -0.2) is 9.97 Å². The summed E-state index contributed by atoms with van der Waals surface area (Å²) in [5.41, 5.74) is 0. The summed E-state index contributed by atoms with van der Waals surface area (Å²) >= 11 is 0. The number of aryl methyl sites for hydroxylation is 1. The van der Waals surface area contributed by atoms with Crippen LogP contribution < -0.4 is 5.32 Å². The van der Waals surface area contributed by atoms with Crippen LogP contribution in [0.3, 0.4) is 0 Å². The van der Waals surface area contributed by atoms with Gasteiger partial charge in [0.2, 0.25) is 0 Å². The van der Waals surface area contributed by atoms with E-state index >= 15 is 0 Å². The lowest BCUT2D eigenvalue weighted by molar-refractivity contribution is 0.189. The highest BCUT2D eigenvalue weighted by atomic mass is 127. The van der Waals surface area contributed by atoms with E-state index in [0.29, 0.717) is 12.0 Å². The molecule has 8 heteroatoms. The normalized spacial score (nSPS) is 21.1. The van der Waals surface area contributed by atoms with Crippen LogP contribution >= 0.6 is 24.0 Å². The Morgan fingerprint density at radius 1 is 1.36 bits per heavy atom. The van der Waals surface area contributed by atoms with Crippen LogP contribution in [0.1, 0.15) is 25.2 Å². The minimum Gasteiger partial charge on any atom is -0.354 e. The third-order valence-electron chi connectivity index (χ3n) is 4.90. The van der Waals surface area contributed by atoms with Gasteiger partial charge in [-0.2, -0.15) is 0 Å². The molecule has 1 aliphatic heterocycles. The Labute approximate surface area is 166 Å². The highest BCUT2D eigenvalue weighted by Crippen LogP contribution is 2.27. The summed E-state index contributed by atoms with van der Waals surface area (Å²) in [4.78, 5) is 15.3. The van der Waals surface area contributed by atoms with Crippen molar-refractivity contribution in [3.63, 3.8) is 0 Å². The number of nitrogens with one attached hydrogen (secondary N) is 1. The van der Waals surface area contributed by atoms with Crippen LogP contribution in [0, 0.1) is 12.8 Å². The molecule has 0 aliphatic carbocycles. The number of nitrogens with zero attached hydrogens (tertiary/aromatic N) is 6. The lowest BCUT2D eigenvalue weighted by atomic mass is 9.93. The number of aliphatic imine (C=N–C) groups is 1. The van der Waals surface area contributed by atoms with Crippen molar-refractivity contribution in [3.05, 3.63) is 36.9 Å². The molecule has 2 atom stereocenters. The molecule has 1 aliphatic rings. The fourth-order valence-electron chi connectivity index (χ4n) is 3.36. The lowest BCUT2D eigenvalue weighted by Gasteiger charge is -2.39. The second kappa shape index (κ2) is 9.21. The highest BCUT2D eigenvalue weighted by molar-refractivity contribution is 14.0. The summed E-state index contributed by atoms with van der Waals surface area (Å²) in [7, 11) is 1.86. The lowest BCUT2D eigenvalue weighted by Crippen LogP contribution is -2.49. The van der Waals surface area contributed by atoms with Gasteiger partial charge >= 0.3 is 0 Å². The van der Waals surface area contributed by atoms with Gasteiger partial charge in [0.05, 0.1) is 12.4 Å². The molecule has 1 saturated heterocycles. The monoisotopic (exact) mass is 457 g/mol. The largest absolute Gasteiger partial charge is 0.354 e. The number of hydrogen-bond acceptors (Lipinski definition) is 3. The van der Waals surface area contributed by atoms with Gasteiger partial charge in [0, 0.05) is 58.0 Å². The van der Waals surface area contributed by atoms with Crippen LogP contribution in [0.25, 0.3) is 0 Å². The van der Waals surface area contributed by atoms with Crippen molar-refractivity contribution in [1.29, 1.82) is 0 Å². The van der Waals surface area contributed by atoms with E-state index in [1.807, 2.05) is 38.9 Å². The maximum Gasteiger partial charge on any atom is 0.193 e. The third-order valence-corrected chi connectivity index (χ3v) is 4.90. The predicted molar refractivity (Wildman–Crippen MR) is 110 cm³/mol. The Morgan fingerprint density at radius 3 is 2.84 bits per heavy atom. The van der Waals surface area contributed by atoms with Crippen molar-refractivity contribution in [3.8, 4) is 0 Å². The predicted octanol–water partition coefficient (Wildman–Crippen LogP) is 2.16. The molecule has 0 bridgehead atoms. The Balaban J connectivity index is 0.00000225. The van der Waals surface area contributed by atoms with Gasteiger partial charge in [-0.05, 0) is 19.3 Å². The third kappa shape index (κ3) is 4.74. The highest BCUT2D eigenvalue weighted by Gasteiger charge is 2.28. The van der Waals surface area contributed by atoms with Gasteiger partial charge < -0.3 is 19.4 Å². The molecular formula is C17H28IN7. The SMILES string of the molecule is CN=C(NCCn1ccnc1C)N1CCC(C)C(n2ccnc2)C1.I. The van der Waals surface area contributed by atoms with Crippen LogP contribution in [0.2, 0.25) is 0 Å². The van der Waals surface area contributed by atoms with E-state index in [-0.39, 0.29) is 24.0 Å². The molecule has 3 rings (SSSR count). The Morgan fingerprint density at radius 2 is 2.20 bits per heavy atom. The van der Waals surface area contributed by atoms with Crippen LogP contribution in [-0.4, -0.2) is 56.6 Å². The van der Waals surface area contributed by atoms with Crippen molar-refractivity contribution >= 4 is 29.9 Å². The molecule has 2 unspecified atom stereocenters. The fourth-order valence-corrected chi connectivity index (χ4v) is 3.36. The number of piperidine rings is 1. The van der Waals surface area contributed by atoms with E-state index in [0.717, 1.165) is 44.4 Å². The van der Waals surface area contributed by atoms with Crippen LogP contribution in [-0.2, 0) is 6.54 Å². The molecule has 138 valence electrons. The molecule has 2 aromatic heterocycles. The van der Waals surface area contributed by atoms with E-state index < -0.39 is 0 Å². The fraction of sp³-hybridized carbons (Fsp3) is 0.588. The van der Waals surface area contributed by atoms with Crippen molar-refractivity contribution < 1.29 is 0 Å². The van der Waals surface area contributed by atoms with Crippen LogP contribution in [0.4, 0.5) is 0 Å². The van der Waals surface area contributed by atoms with Gasteiger partial charge in [-0.3, -0.25) is 4.99 Å². The van der Waals surface area contributed by atoms with Gasteiger partial charge in [-0.1, -0.05) is 6.92 Å². The van der Waals surface area contributed by atoms with Gasteiger partial charge in [-0.15, -0.1) is 24.0 Å². The van der Waals surface area contributed by atoms with Gasteiger partial charge in [0.1, 0.15) is 5.82 Å². The van der Waals surface area contributed by atoms with E-state index in [1.165, 1.54) is 0 Å². The Hall–Kier alpha value is -1.58. The first-order valence-electron chi connectivity index (χ1n) is 8.60. The standard InChI is InChI=1S/C17H27N7.HI/c1-14-4-8-23(12-16(14)24-9-5-19-13-24)17(18-3)21-7-11-22-10-6-20-15(22)2;/h5-6,9-10,13-14,16H,4,7-8,11-12H2,1-3H3,(H,18,21);1H. The molecule has 0 radical (unpaired) electrons. The molecule has 0 spiro atoms. The zero-order valence-corrected chi connectivity index (χ0v) is 17.5. The second-order valence-corrected chi connectivity index (χ2v) is 6.43. The maximum atomic E-state index is 4.48. The van der Waals surface area contributed by atoms with Gasteiger partial charge in [0.15, 0.2) is 5.96 Å². The number of aromatic nitrogens is 4. The summed E-state index contributed by atoms with van der Waals surface area (Å²) in [6, 6.07) is 0.440. The van der Waals surface area contributed by atoms with E-state index in [1.54, 1.807) is 0 Å². The second-order valence-electron chi connectivity index (χ2n) is 6.43. The minimum absolute atomic E-state index is 0. The summed E-state index contributed by atoms with van der Waals surface area (Å²) in [5.74, 6) is 2.66. The topological polar surface area (TPSA) is 63.3 Å². The minimum atomic E-state index is 0. The molecule has 1 N–H and O–H groups in total. The van der Waals surface area contributed by atoms with E-state index in [9.17, 15) is 0 Å². The maximum absolute atomic E-state index is 4.48. The molecule has 3 heterocycles. The number of rotatable bonds is 4. The summed E-state index contributed by atoms with van der Waals surface area (Å²) in [6.07, 6.45) is 10.8. The number of guanidine groups is 1. The van der Waals surface area contributed by atoms with Crippen LogP contribution in [0.5, 0.6) is 0 Å². The average Bonchev–Trinajstić information content (AvgIpc) is 3.25. The quantitative estimate of drug-likeness (QED) is 0.435. The molecule has 0 aromatic carbocycles. The first-order chi connectivity index (χ1) is 11.7. The van der Waals surface area contributed by atoms with Crippen LogP contribution in [0.15, 0.2) is 36.1 Å². The zero-order valence-electron chi connectivity index (χ0n) is 15.2. The number of likely N-dealkylation sites (tertiary alicyclic amines) is 1. The molecule has 25 heavy (non-hydrogen) atoms. The average molecular weight is 457 g/mol.